The van der Waals surface area contributed by atoms with Crippen LogP contribution in [0, 0.1) is 0 Å². The average molecular weight is 273 g/mol. The van der Waals surface area contributed by atoms with Gasteiger partial charge in [0.25, 0.3) is 0 Å². The van der Waals surface area contributed by atoms with Crippen LogP contribution in [0.1, 0.15) is 38.3 Å². The number of carbonyl (C=O) groups is 2. The first-order valence-electron chi connectivity index (χ1n) is 6.58. The van der Waals surface area contributed by atoms with E-state index in [2.05, 4.69) is 34.4 Å². The number of imide groups is 1. The summed E-state index contributed by atoms with van der Waals surface area (Å²) in [5, 5.41) is 10.6. The van der Waals surface area contributed by atoms with Gasteiger partial charge in [-0.3, -0.25) is 20.0 Å². The number of hydrogen-bond donors (Lipinski definition) is 2. The summed E-state index contributed by atoms with van der Waals surface area (Å²) in [6, 6.07) is 0. The van der Waals surface area contributed by atoms with Gasteiger partial charge in [-0.05, 0) is 6.42 Å². The number of nitrogens with one attached hydrogen (secondary N) is 2. The van der Waals surface area contributed by atoms with Crippen molar-refractivity contribution in [3.63, 3.8) is 0 Å². The Labute approximate surface area is 117 Å². The molecule has 106 valence electrons. The Morgan fingerprint density at radius 2 is 2.10 bits per heavy atom. The molecule has 2 heterocycles. The lowest BCUT2D eigenvalue weighted by molar-refractivity contribution is -0.134. The molecular formula is C15H19N3O2. The maximum atomic E-state index is 11.8. The number of nitrogens with zero attached hydrogens (tertiary/aromatic N) is 1. The summed E-state index contributed by atoms with van der Waals surface area (Å²) in [7, 11) is 0. The molecule has 0 saturated carbocycles. The predicted octanol–water partition coefficient (Wildman–Crippen LogP) is 0.488. The Bertz CT molecular complexity index is 651. The van der Waals surface area contributed by atoms with Gasteiger partial charge in [0.05, 0.1) is 11.6 Å². The van der Waals surface area contributed by atoms with Crippen molar-refractivity contribution in [2.45, 2.75) is 32.6 Å². The molecule has 1 fully saturated rings. The lowest BCUT2D eigenvalue weighted by Crippen LogP contribution is -2.41. The quantitative estimate of drug-likeness (QED) is 0.770. The number of rotatable bonds is 2. The molecule has 0 spiro atoms. The molecule has 1 unspecified atom stereocenters. The fourth-order valence-corrected chi connectivity index (χ4v) is 2.01. The number of allylic oxidation sites excluding steroid dienone is 1. The van der Waals surface area contributed by atoms with E-state index in [9.17, 15) is 9.59 Å². The summed E-state index contributed by atoms with van der Waals surface area (Å²) in [5.41, 5.74) is 3.32. The molecular weight excluding hydrogens is 254 g/mol. The Morgan fingerprint density at radius 1 is 1.40 bits per heavy atom. The first kappa shape index (κ1) is 15.7. The highest BCUT2D eigenvalue weighted by Crippen LogP contribution is 2.19. The monoisotopic (exact) mass is 273 g/mol. The maximum Gasteiger partial charge on any atom is 0.235 e. The highest BCUT2D eigenvalue weighted by Gasteiger charge is 2.30. The Hall–Kier alpha value is -2.39. The number of amides is 2. The second kappa shape index (κ2) is 7.26. The van der Waals surface area contributed by atoms with Crippen LogP contribution in [0.15, 0.2) is 19.2 Å². The van der Waals surface area contributed by atoms with E-state index in [0.717, 1.165) is 5.22 Å². The largest absolute Gasteiger partial charge is 0.296 e. The standard InChI is InChI=1S/C13H13N3O2.C2H6/c1-3-5-8-10(4-2)15-16-12(8)9-6-7-11(17)14-13(9)18;1-2/h3,5,9,15H,1-2,6-7H2,(H,14,17,18);1-2H3/b8-5+;. The smallest absolute Gasteiger partial charge is 0.235 e. The highest BCUT2D eigenvalue weighted by atomic mass is 16.2. The molecule has 1 aromatic rings. The molecule has 5 nitrogen and oxygen atoms in total. The number of carbonyl (C=O) groups excluding carboxylic acids is 2. The van der Waals surface area contributed by atoms with Gasteiger partial charge in [-0.1, -0.05) is 39.2 Å². The van der Waals surface area contributed by atoms with Crippen molar-refractivity contribution in [3.8, 4) is 0 Å². The van der Waals surface area contributed by atoms with E-state index >= 15 is 0 Å². The van der Waals surface area contributed by atoms with Crippen LogP contribution in [0.25, 0.3) is 11.8 Å². The number of piperidine rings is 1. The van der Waals surface area contributed by atoms with Gasteiger partial charge in [-0.2, -0.15) is 5.10 Å². The minimum Gasteiger partial charge on any atom is -0.296 e. The third-order valence-electron chi connectivity index (χ3n) is 2.86. The van der Waals surface area contributed by atoms with Crippen molar-refractivity contribution in [2.75, 3.05) is 0 Å². The van der Waals surface area contributed by atoms with Gasteiger partial charge in [-0.15, -0.1) is 5.73 Å². The first-order chi connectivity index (χ1) is 9.67. The molecule has 1 aliphatic heterocycles. The zero-order chi connectivity index (χ0) is 15.1. The lowest BCUT2D eigenvalue weighted by atomic mass is 9.94. The lowest BCUT2D eigenvalue weighted by Gasteiger charge is -2.18. The normalized spacial score (nSPS) is 18.7. The van der Waals surface area contributed by atoms with Crippen LogP contribution in [0.2, 0.25) is 0 Å². The number of aromatic amines is 1. The van der Waals surface area contributed by atoms with E-state index in [1.54, 1.807) is 12.2 Å². The molecule has 0 aromatic carbocycles. The number of hydrogen-bond acceptors (Lipinski definition) is 3. The molecule has 2 rings (SSSR count). The van der Waals surface area contributed by atoms with Crippen molar-refractivity contribution >= 4 is 23.6 Å². The summed E-state index contributed by atoms with van der Waals surface area (Å²) in [6.45, 7) is 11.2. The molecule has 20 heavy (non-hydrogen) atoms. The van der Waals surface area contributed by atoms with E-state index in [1.807, 2.05) is 13.8 Å². The van der Waals surface area contributed by atoms with Crippen LogP contribution >= 0.6 is 0 Å². The average Bonchev–Trinajstić information content (AvgIpc) is 2.84. The van der Waals surface area contributed by atoms with Crippen molar-refractivity contribution in [1.29, 1.82) is 0 Å². The van der Waals surface area contributed by atoms with E-state index < -0.39 is 5.92 Å². The first-order valence-corrected chi connectivity index (χ1v) is 6.58. The molecule has 5 heteroatoms. The zero-order valence-electron chi connectivity index (χ0n) is 11.8. The SMILES string of the molecule is C=C=c1[nH]nc(C2CCC(=O)NC2=O)/c1=C/C=C.CC. The van der Waals surface area contributed by atoms with E-state index in [4.69, 9.17) is 0 Å². The Balaban J connectivity index is 0.000000956. The van der Waals surface area contributed by atoms with Crippen LogP contribution in [0.4, 0.5) is 0 Å². The number of aromatic nitrogens is 2. The van der Waals surface area contributed by atoms with E-state index in [0.29, 0.717) is 23.9 Å². The maximum absolute atomic E-state index is 11.8. The Morgan fingerprint density at radius 3 is 2.65 bits per heavy atom. The summed E-state index contributed by atoms with van der Waals surface area (Å²) in [4.78, 5) is 22.9. The summed E-state index contributed by atoms with van der Waals surface area (Å²) in [6.07, 6.45) is 4.14. The minimum atomic E-state index is -0.424. The summed E-state index contributed by atoms with van der Waals surface area (Å²) < 4.78 is 0. The second-order valence-electron chi connectivity index (χ2n) is 3.98. The van der Waals surface area contributed by atoms with Gasteiger partial charge in [0.1, 0.15) is 5.35 Å². The van der Waals surface area contributed by atoms with Gasteiger partial charge >= 0.3 is 0 Å². The fourth-order valence-electron chi connectivity index (χ4n) is 2.01. The molecule has 0 bridgehead atoms. The summed E-state index contributed by atoms with van der Waals surface area (Å²) >= 11 is 0. The number of H-pyrrole nitrogens is 1. The van der Waals surface area contributed by atoms with E-state index in [-0.39, 0.29) is 11.8 Å². The van der Waals surface area contributed by atoms with Crippen LogP contribution < -0.4 is 15.9 Å². The Kier molecular flexibility index (Phi) is 5.69. The van der Waals surface area contributed by atoms with Crippen molar-refractivity contribution in [2.24, 2.45) is 0 Å². The van der Waals surface area contributed by atoms with E-state index in [1.165, 1.54) is 0 Å². The van der Waals surface area contributed by atoms with Crippen molar-refractivity contribution in [3.05, 3.63) is 35.5 Å². The van der Waals surface area contributed by atoms with Crippen LogP contribution in [0.3, 0.4) is 0 Å². The molecule has 2 N–H and O–H groups in total. The molecule has 1 saturated heterocycles. The molecule has 1 aromatic heterocycles. The molecule has 2 amide bonds. The van der Waals surface area contributed by atoms with Gasteiger partial charge in [-0.25, -0.2) is 0 Å². The van der Waals surface area contributed by atoms with Crippen LogP contribution in [0.5, 0.6) is 0 Å². The van der Waals surface area contributed by atoms with Gasteiger partial charge < -0.3 is 0 Å². The predicted molar refractivity (Wildman–Crippen MR) is 78.0 cm³/mol. The highest BCUT2D eigenvalue weighted by molar-refractivity contribution is 6.00. The van der Waals surface area contributed by atoms with Gasteiger partial charge in [0.2, 0.25) is 11.8 Å². The molecule has 1 aliphatic rings. The second-order valence-corrected chi connectivity index (χ2v) is 3.98. The van der Waals surface area contributed by atoms with Gasteiger partial charge in [0.15, 0.2) is 0 Å². The fraction of sp³-hybridized carbons (Fsp3) is 0.333. The zero-order valence-corrected chi connectivity index (χ0v) is 11.8. The molecule has 0 radical (unpaired) electrons. The van der Waals surface area contributed by atoms with Crippen molar-refractivity contribution < 1.29 is 9.59 Å². The third-order valence-corrected chi connectivity index (χ3v) is 2.86. The topological polar surface area (TPSA) is 74.8 Å². The molecule has 1 atom stereocenters. The third kappa shape index (κ3) is 3.13. The van der Waals surface area contributed by atoms with Crippen molar-refractivity contribution in [1.82, 2.24) is 15.5 Å². The minimum absolute atomic E-state index is 0.239. The van der Waals surface area contributed by atoms with Crippen LogP contribution in [-0.2, 0) is 9.59 Å². The summed E-state index contributed by atoms with van der Waals surface area (Å²) in [5.74, 6) is -0.976. The van der Waals surface area contributed by atoms with Gasteiger partial charge in [0, 0.05) is 11.6 Å². The van der Waals surface area contributed by atoms with Crippen LogP contribution in [-0.4, -0.2) is 22.0 Å². The molecule has 0 aliphatic carbocycles.